The van der Waals surface area contributed by atoms with Gasteiger partial charge in [-0.3, -0.25) is 9.97 Å². The van der Waals surface area contributed by atoms with Crippen LogP contribution in [0.2, 0.25) is 0 Å². The summed E-state index contributed by atoms with van der Waals surface area (Å²) in [6.07, 6.45) is 3.63. The average Bonchev–Trinajstić information content (AvgIpc) is 3.58. The Labute approximate surface area is 321 Å². The summed E-state index contributed by atoms with van der Waals surface area (Å²) >= 11 is 0. The van der Waals surface area contributed by atoms with Crippen LogP contribution in [0.4, 0.5) is 0 Å². The van der Waals surface area contributed by atoms with Crippen molar-refractivity contribution in [1.29, 1.82) is 0 Å². The highest BCUT2D eigenvalue weighted by molar-refractivity contribution is 5.95. The number of nitrogens with zero attached hydrogens (tertiary/aromatic N) is 3. The second-order valence-corrected chi connectivity index (χ2v) is 13.9. The molecule has 9 aromatic rings. The summed E-state index contributed by atoms with van der Waals surface area (Å²) in [7, 11) is 0. The minimum Gasteiger partial charge on any atom is -0.255 e. The van der Waals surface area contributed by atoms with E-state index in [2.05, 4.69) is 174 Å². The molecule has 1 aliphatic carbocycles. The quantitative estimate of drug-likeness (QED) is 0.166. The summed E-state index contributed by atoms with van der Waals surface area (Å²) in [4.78, 5) is 14.4. The standard InChI is InChI=1S/C52H35N3/c1-3-17-38(18-4-1)52(39-19-5-2-6-20-39)46-26-12-11-25-44(46)45-30-29-36(33-47(45)52)40-21-7-9-23-42(40)43-24-10-8-22-41(43)37-34-50(48-27-13-15-31-53-48)55-51(35-37)49-28-14-16-32-54-49/h1-35H. The molecule has 3 heteroatoms. The first-order valence-electron chi connectivity index (χ1n) is 18.7. The van der Waals surface area contributed by atoms with Crippen molar-refractivity contribution >= 4 is 0 Å². The fourth-order valence-electron chi connectivity index (χ4n) is 8.53. The molecule has 0 atom stereocenters. The Bertz CT molecular complexity index is 2700. The van der Waals surface area contributed by atoms with Crippen LogP contribution in [0, 0.1) is 0 Å². The van der Waals surface area contributed by atoms with Gasteiger partial charge in [0.05, 0.1) is 28.2 Å². The molecule has 6 aromatic carbocycles. The molecule has 1 aliphatic rings. The summed E-state index contributed by atoms with van der Waals surface area (Å²) in [5.41, 5.74) is 17.3. The first-order valence-corrected chi connectivity index (χ1v) is 18.7. The summed E-state index contributed by atoms with van der Waals surface area (Å²) in [6.45, 7) is 0. The van der Waals surface area contributed by atoms with E-state index in [-0.39, 0.29) is 0 Å². The zero-order chi connectivity index (χ0) is 36.6. The maximum absolute atomic E-state index is 5.06. The van der Waals surface area contributed by atoms with Gasteiger partial charge in [-0.05, 0) is 109 Å². The van der Waals surface area contributed by atoms with Crippen LogP contribution in [0.25, 0.3) is 67.3 Å². The predicted molar refractivity (Wildman–Crippen MR) is 224 cm³/mol. The Balaban J connectivity index is 1.18. The van der Waals surface area contributed by atoms with Gasteiger partial charge in [-0.15, -0.1) is 0 Å². The minimum atomic E-state index is -0.474. The molecule has 0 aliphatic heterocycles. The van der Waals surface area contributed by atoms with Crippen LogP contribution >= 0.6 is 0 Å². The number of benzene rings is 6. The first kappa shape index (κ1) is 32.4. The normalized spacial score (nSPS) is 12.5. The number of aromatic nitrogens is 3. The Morgan fingerprint density at radius 3 is 1.29 bits per heavy atom. The van der Waals surface area contributed by atoms with Crippen molar-refractivity contribution in [3.8, 4) is 67.3 Å². The molecule has 3 heterocycles. The van der Waals surface area contributed by atoms with Crippen molar-refractivity contribution in [2.75, 3.05) is 0 Å². The van der Waals surface area contributed by atoms with Crippen LogP contribution in [0.1, 0.15) is 22.3 Å². The molecule has 3 nitrogen and oxygen atoms in total. The molecular formula is C52H35N3. The van der Waals surface area contributed by atoms with Gasteiger partial charge in [-0.25, -0.2) is 4.98 Å². The number of fused-ring (bicyclic) bond motifs is 3. The summed E-state index contributed by atoms with van der Waals surface area (Å²) in [5.74, 6) is 0. The van der Waals surface area contributed by atoms with Crippen LogP contribution in [-0.4, -0.2) is 15.0 Å². The molecule has 0 amide bonds. The molecule has 0 saturated carbocycles. The Kier molecular flexibility index (Phi) is 8.04. The maximum Gasteiger partial charge on any atom is 0.0900 e. The molecule has 0 spiro atoms. The van der Waals surface area contributed by atoms with E-state index < -0.39 is 5.41 Å². The number of rotatable bonds is 7. The molecule has 0 saturated heterocycles. The van der Waals surface area contributed by atoms with Crippen LogP contribution in [0.5, 0.6) is 0 Å². The van der Waals surface area contributed by atoms with Crippen molar-refractivity contribution < 1.29 is 0 Å². The molecule has 258 valence electrons. The Hall–Kier alpha value is -7.23. The topological polar surface area (TPSA) is 38.7 Å². The van der Waals surface area contributed by atoms with E-state index >= 15 is 0 Å². The lowest BCUT2D eigenvalue weighted by atomic mass is 9.67. The monoisotopic (exact) mass is 701 g/mol. The molecule has 0 radical (unpaired) electrons. The van der Waals surface area contributed by atoms with Crippen molar-refractivity contribution in [3.05, 3.63) is 235 Å². The van der Waals surface area contributed by atoms with E-state index in [1.54, 1.807) is 0 Å². The number of pyridine rings is 3. The van der Waals surface area contributed by atoms with Gasteiger partial charge >= 0.3 is 0 Å². The zero-order valence-corrected chi connectivity index (χ0v) is 30.0. The second-order valence-electron chi connectivity index (χ2n) is 13.9. The number of hydrogen-bond acceptors (Lipinski definition) is 3. The Morgan fingerprint density at radius 1 is 0.291 bits per heavy atom. The van der Waals surface area contributed by atoms with Crippen molar-refractivity contribution in [1.82, 2.24) is 15.0 Å². The summed E-state index contributed by atoms with van der Waals surface area (Å²) in [6, 6.07) is 71.6. The smallest absolute Gasteiger partial charge is 0.0900 e. The summed E-state index contributed by atoms with van der Waals surface area (Å²) < 4.78 is 0. The van der Waals surface area contributed by atoms with E-state index in [9.17, 15) is 0 Å². The highest BCUT2D eigenvalue weighted by atomic mass is 14.8. The predicted octanol–water partition coefficient (Wildman–Crippen LogP) is 12.6. The van der Waals surface area contributed by atoms with Crippen LogP contribution in [0.3, 0.4) is 0 Å². The molecule has 0 bridgehead atoms. The van der Waals surface area contributed by atoms with Gasteiger partial charge in [0, 0.05) is 12.4 Å². The van der Waals surface area contributed by atoms with Crippen LogP contribution in [0.15, 0.2) is 213 Å². The van der Waals surface area contributed by atoms with Gasteiger partial charge in [-0.2, -0.15) is 0 Å². The molecule has 10 rings (SSSR count). The molecule has 55 heavy (non-hydrogen) atoms. The molecular weight excluding hydrogens is 667 g/mol. The van der Waals surface area contributed by atoms with Gasteiger partial charge in [-0.1, -0.05) is 158 Å². The fraction of sp³-hybridized carbons (Fsp3) is 0.0192. The van der Waals surface area contributed by atoms with Gasteiger partial charge in [0.2, 0.25) is 0 Å². The lowest BCUT2D eigenvalue weighted by Gasteiger charge is -2.34. The van der Waals surface area contributed by atoms with Gasteiger partial charge in [0.15, 0.2) is 0 Å². The van der Waals surface area contributed by atoms with Gasteiger partial charge in [0.25, 0.3) is 0 Å². The molecule has 0 unspecified atom stereocenters. The third-order valence-corrected chi connectivity index (χ3v) is 10.9. The highest BCUT2D eigenvalue weighted by Gasteiger charge is 2.46. The SMILES string of the molecule is c1ccc(C2(c3ccccc3)c3ccccc3-c3ccc(-c4ccccc4-c4ccccc4-c4cc(-c5ccccn5)nc(-c5ccccn5)c4)cc32)cc1. The average molecular weight is 702 g/mol. The second kappa shape index (κ2) is 13.6. The van der Waals surface area contributed by atoms with Gasteiger partial charge in [0.1, 0.15) is 0 Å². The van der Waals surface area contributed by atoms with E-state index in [1.807, 2.05) is 48.8 Å². The zero-order valence-electron chi connectivity index (χ0n) is 30.0. The first-order chi connectivity index (χ1) is 27.3. The fourth-order valence-corrected chi connectivity index (χ4v) is 8.53. The van der Waals surface area contributed by atoms with E-state index in [1.165, 1.54) is 44.5 Å². The maximum atomic E-state index is 5.06. The Morgan fingerprint density at radius 2 is 0.745 bits per heavy atom. The highest BCUT2D eigenvalue weighted by Crippen LogP contribution is 2.57. The van der Waals surface area contributed by atoms with Crippen molar-refractivity contribution in [2.24, 2.45) is 0 Å². The molecule has 0 fully saturated rings. The van der Waals surface area contributed by atoms with E-state index in [0.717, 1.165) is 45.0 Å². The van der Waals surface area contributed by atoms with E-state index in [0.29, 0.717) is 0 Å². The number of hydrogen-bond donors (Lipinski definition) is 0. The van der Waals surface area contributed by atoms with Crippen molar-refractivity contribution in [2.45, 2.75) is 5.41 Å². The molecule has 0 N–H and O–H groups in total. The largest absolute Gasteiger partial charge is 0.255 e. The van der Waals surface area contributed by atoms with Crippen LogP contribution < -0.4 is 0 Å². The van der Waals surface area contributed by atoms with Crippen molar-refractivity contribution in [3.63, 3.8) is 0 Å². The summed E-state index contributed by atoms with van der Waals surface area (Å²) in [5, 5.41) is 0. The third-order valence-electron chi connectivity index (χ3n) is 10.9. The van der Waals surface area contributed by atoms with E-state index in [4.69, 9.17) is 4.98 Å². The third kappa shape index (κ3) is 5.48. The van der Waals surface area contributed by atoms with Crippen LogP contribution in [-0.2, 0) is 5.41 Å². The lowest BCUT2D eigenvalue weighted by Crippen LogP contribution is -2.28. The molecule has 3 aromatic heterocycles. The lowest BCUT2D eigenvalue weighted by molar-refractivity contribution is 0.769. The minimum absolute atomic E-state index is 0.474. The van der Waals surface area contributed by atoms with Gasteiger partial charge < -0.3 is 0 Å².